The minimum Gasteiger partial charge on any atom is -0.367 e. The van der Waals surface area contributed by atoms with E-state index < -0.39 is 0 Å². The summed E-state index contributed by atoms with van der Waals surface area (Å²) >= 11 is 0. The topological polar surface area (TPSA) is 56.4 Å². The van der Waals surface area contributed by atoms with E-state index >= 15 is 0 Å². The molecule has 2 aliphatic rings. The fourth-order valence-corrected chi connectivity index (χ4v) is 3.88. The maximum absolute atomic E-state index is 12.5. The Balaban J connectivity index is 1.50. The average molecular weight is 323 g/mol. The number of rotatable bonds is 2. The van der Waals surface area contributed by atoms with E-state index in [4.69, 9.17) is 0 Å². The molecule has 1 aromatic carbocycles. The molecule has 0 radical (unpaired) electrons. The van der Waals surface area contributed by atoms with Gasteiger partial charge in [-0.05, 0) is 31.5 Å². The molecule has 124 valence electrons. The molecule has 5 heteroatoms. The molecule has 3 heterocycles. The predicted octanol–water partition coefficient (Wildman–Crippen LogP) is 2.59. The Morgan fingerprint density at radius 2 is 1.96 bits per heavy atom. The first-order chi connectivity index (χ1) is 11.6. The molecule has 5 nitrogen and oxygen atoms in total. The van der Waals surface area contributed by atoms with Crippen LogP contribution in [-0.4, -0.2) is 41.3 Å². The molecule has 0 saturated carbocycles. The standard InChI is InChI=1S/C19H21N3O2/c1-14-2-4-16(5-3-14)22-13-19(10-17(22)23)7-9-21(12-19)18(24)15-6-8-20-11-15/h2-6,8,11,20H,7,9-10,12-13H2,1H3/t19-/m1/s1. The Kier molecular flexibility index (Phi) is 3.44. The Morgan fingerprint density at radius 1 is 1.17 bits per heavy atom. The average Bonchev–Trinajstić information content (AvgIpc) is 3.29. The van der Waals surface area contributed by atoms with Crippen LogP contribution in [0.15, 0.2) is 42.7 Å². The van der Waals surface area contributed by atoms with Gasteiger partial charge >= 0.3 is 0 Å². The van der Waals surface area contributed by atoms with Gasteiger partial charge in [0.05, 0.1) is 5.56 Å². The van der Waals surface area contributed by atoms with Gasteiger partial charge in [-0.15, -0.1) is 0 Å². The number of aryl methyl sites for hydroxylation is 1. The first kappa shape index (κ1) is 15.0. The third kappa shape index (κ3) is 2.50. The van der Waals surface area contributed by atoms with Crippen molar-refractivity contribution in [3.63, 3.8) is 0 Å². The Labute approximate surface area is 141 Å². The largest absolute Gasteiger partial charge is 0.367 e. The van der Waals surface area contributed by atoms with Crippen LogP contribution in [0.1, 0.15) is 28.8 Å². The molecule has 2 aromatic rings. The third-order valence-electron chi connectivity index (χ3n) is 5.24. The first-order valence-corrected chi connectivity index (χ1v) is 8.35. The summed E-state index contributed by atoms with van der Waals surface area (Å²) in [5.74, 6) is 0.212. The maximum Gasteiger partial charge on any atom is 0.255 e. The van der Waals surface area contributed by atoms with Gasteiger partial charge in [0.1, 0.15) is 0 Å². The normalized spacial score (nSPS) is 23.5. The molecule has 1 aromatic heterocycles. The highest BCUT2D eigenvalue weighted by Crippen LogP contribution is 2.42. The fraction of sp³-hybridized carbons (Fsp3) is 0.368. The van der Waals surface area contributed by atoms with Gasteiger partial charge in [0.2, 0.25) is 5.91 Å². The molecule has 1 N–H and O–H groups in total. The minimum atomic E-state index is -0.103. The van der Waals surface area contributed by atoms with E-state index in [1.165, 1.54) is 5.56 Å². The summed E-state index contributed by atoms with van der Waals surface area (Å²) in [6, 6.07) is 9.87. The van der Waals surface area contributed by atoms with Crippen molar-refractivity contribution in [3.8, 4) is 0 Å². The number of carbonyl (C=O) groups is 2. The maximum atomic E-state index is 12.5. The number of hydrogen-bond acceptors (Lipinski definition) is 2. The quantitative estimate of drug-likeness (QED) is 0.923. The molecule has 2 saturated heterocycles. The zero-order chi connectivity index (χ0) is 16.7. The Bertz CT molecular complexity index is 766. The number of likely N-dealkylation sites (tertiary alicyclic amines) is 1. The van der Waals surface area contributed by atoms with Gasteiger partial charge in [-0.25, -0.2) is 0 Å². The second kappa shape index (κ2) is 5.51. The molecule has 1 atom stereocenters. The number of anilines is 1. The zero-order valence-electron chi connectivity index (χ0n) is 13.8. The number of nitrogens with one attached hydrogen (secondary N) is 1. The van der Waals surface area contributed by atoms with Gasteiger partial charge in [-0.3, -0.25) is 9.59 Å². The van der Waals surface area contributed by atoms with Gasteiger partial charge < -0.3 is 14.8 Å². The van der Waals surface area contributed by atoms with E-state index in [9.17, 15) is 9.59 Å². The number of hydrogen-bond donors (Lipinski definition) is 1. The van der Waals surface area contributed by atoms with Crippen molar-refractivity contribution in [1.29, 1.82) is 0 Å². The van der Waals surface area contributed by atoms with E-state index in [0.717, 1.165) is 18.7 Å². The molecule has 2 aliphatic heterocycles. The lowest BCUT2D eigenvalue weighted by atomic mass is 9.86. The number of benzene rings is 1. The number of aromatic nitrogens is 1. The summed E-state index contributed by atoms with van der Waals surface area (Å²) < 4.78 is 0. The number of amides is 2. The van der Waals surface area contributed by atoms with Crippen LogP contribution in [0.2, 0.25) is 0 Å². The molecule has 2 amide bonds. The lowest BCUT2D eigenvalue weighted by Crippen LogP contribution is -2.34. The van der Waals surface area contributed by atoms with Crippen molar-refractivity contribution in [1.82, 2.24) is 9.88 Å². The van der Waals surface area contributed by atoms with Crippen molar-refractivity contribution in [2.45, 2.75) is 19.8 Å². The van der Waals surface area contributed by atoms with Gasteiger partial charge in [-0.1, -0.05) is 17.7 Å². The highest BCUT2D eigenvalue weighted by molar-refractivity contribution is 5.97. The van der Waals surface area contributed by atoms with E-state index in [0.29, 0.717) is 25.1 Å². The number of carbonyl (C=O) groups excluding carboxylic acids is 2. The number of nitrogens with zero attached hydrogens (tertiary/aromatic N) is 2. The van der Waals surface area contributed by atoms with Gasteiger partial charge in [0.25, 0.3) is 5.91 Å². The Hall–Kier alpha value is -2.56. The van der Waals surface area contributed by atoms with E-state index in [-0.39, 0.29) is 17.2 Å². The van der Waals surface area contributed by atoms with Crippen molar-refractivity contribution >= 4 is 17.5 Å². The molecule has 1 spiro atoms. The second-order valence-corrected chi connectivity index (χ2v) is 7.07. The number of H-pyrrole nitrogens is 1. The van der Waals surface area contributed by atoms with E-state index in [2.05, 4.69) is 4.98 Å². The summed E-state index contributed by atoms with van der Waals surface area (Å²) in [5, 5.41) is 0. The first-order valence-electron chi connectivity index (χ1n) is 8.35. The summed E-state index contributed by atoms with van der Waals surface area (Å²) in [7, 11) is 0. The van der Waals surface area contributed by atoms with E-state index in [1.807, 2.05) is 41.0 Å². The van der Waals surface area contributed by atoms with Crippen molar-refractivity contribution < 1.29 is 9.59 Å². The molecular formula is C19H21N3O2. The molecule has 0 unspecified atom stereocenters. The SMILES string of the molecule is Cc1ccc(N2C[C@]3(CCN(C(=O)c4cc[nH]c4)C3)CC2=O)cc1. The van der Waals surface area contributed by atoms with Crippen LogP contribution in [0.5, 0.6) is 0 Å². The molecule has 24 heavy (non-hydrogen) atoms. The van der Waals surface area contributed by atoms with Crippen LogP contribution in [0.25, 0.3) is 0 Å². The highest BCUT2D eigenvalue weighted by Gasteiger charge is 2.48. The smallest absolute Gasteiger partial charge is 0.255 e. The third-order valence-corrected chi connectivity index (χ3v) is 5.24. The van der Waals surface area contributed by atoms with Crippen LogP contribution >= 0.6 is 0 Å². The molecule has 4 rings (SSSR count). The van der Waals surface area contributed by atoms with Crippen LogP contribution in [0, 0.1) is 12.3 Å². The van der Waals surface area contributed by atoms with Crippen LogP contribution < -0.4 is 4.90 Å². The molecule has 0 bridgehead atoms. The molecule has 2 fully saturated rings. The van der Waals surface area contributed by atoms with Crippen molar-refractivity contribution in [2.24, 2.45) is 5.41 Å². The van der Waals surface area contributed by atoms with Gasteiger partial charge in [0.15, 0.2) is 0 Å². The van der Waals surface area contributed by atoms with Crippen LogP contribution in [0.3, 0.4) is 0 Å². The monoisotopic (exact) mass is 323 g/mol. The lowest BCUT2D eigenvalue weighted by Gasteiger charge is -2.24. The van der Waals surface area contributed by atoms with Crippen molar-refractivity contribution in [3.05, 3.63) is 53.9 Å². The van der Waals surface area contributed by atoms with E-state index in [1.54, 1.807) is 18.5 Å². The van der Waals surface area contributed by atoms with Crippen molar-refractivity contribution in [2.75, 3.05) is 24.5 Å². The second-order valence-electron chi connectivity index (χ2n) is 7.07. The summed E-state index contributed by atoms with van der Waals surface area (Å²) in [4.78, 5) is 31.8. The fourth-order valence-electron chi connectivity index (χ4n) is 3.88. The minimum absolute atomic E-state index is 0.0503. The summed E-state index contributed by atoms with van der Waals surface area (Å²) in [5.41, 5.74) is 2.72. The van der Waals surface area contributed by atoms with Gasteiger partial charge in [-0.2, -0.15) is 0 Å². The van der Waals surface area contributed by atoms with Crippen LogP contribution in [0.4, 0.5) is 5.69 Å². The summed E-state index contributed by atoms with van der Waals surface area (Å²) in [6.45, 7) is 4.12. The zero-order valence-corrected chi connectivity index (χ0v) is 13.8. The summed E-state index contributed by atoms with van der Waals surface area (Å²) in [6.07, 6.45) is 4.90. The Morgan fingerprint density at radius 3 is 2.67 bits per heavy atom. The predicted molar refractivity (Wildman–Crippen MR) is 91.9 cm³/mol. The number of aromatic amines is 1. The van der Waals surface area contributed by atoms with Gasteiger partial charge in [0, 0.05) is 49.6 Å². The lowest BCUT2D eigenvalue weighted by molar-refractivity contribution is -0.117. The van der Waals surface area contributed by atoms with Crippen LogP contribution in [-0.2, 0) is 4.79 Å². The highest BCUT2D eigenvalue weighted by atomic mass is 16.2. The molecular weight excluding hydrogens is 302 g/mol. The molecule has 0 aliphatic carbocycles.